The van der Waals surface area contributed by atoms with Crippen molar-refractivity contribution in [2.45, 2.75) is 50.6 Å². The average Bonchev–Trinajstić information content (AvgIpc) is 2.88. The molecule has 0 bridgehead atoms. The Morgan fingerprint density at radius 2 is 1.57 bits per heavy atom. The summed E-state index contributed by atoms with van der Waals surface area (Å²) in [5.74, 6) is 0.202. The van der Waals surface area contributed by atoms with Gasteiger partial charge in [-0.3, -0.25) is 9.36 Å². The number of carbonyl (C=O) groups is 1. The molecular weight excluding hydrogens is 484 g/mol. The van der Waals surface area contributed by atoms with E-state index in [-0.39, 0.29) is 12.1 Å². The standard InChI is InChI=1S/C30H30N2O4S/c1-20-26(37-19-22-9-8-12-25(17-22)23-10-6-5-7-11-23)31-29(35)32(27(20)33)18-21-13-15-24(16-14-21)28(34)36-30(2,3)4/h5-17H,18-19H2,1-4H3,(H,31,35). The SMILES string of the molecule is Cc1c(SCc2cccc(-c3ccccc3)c2)[nH]c(=O)n(Cc2ccc(C(=O)OC(C)(C)C)cc2)c1=O. The van der Waals surface area contributed by atoms with E-state index in [9.17, 15) is 14.4 Å². The van der Waals surface area contributed by atoms with E-state index in [1.54, 1.807) is 31.2 Å². The second-order valence-electron chi connectivity index (χ2n) is 9.83. The zero-order chi connectivity index (χ0) is 26.6. The molecule has 0 unspecified atom stereocenters. The lowest BCUT2D eigenvalue weighted by Gasteiger charge is -2.19. The molecule has 0 saturated heterocycles. The zero-order valence-electron chi connectivity index (χ0n) is 21.4. The number of esters is 1. The van der Waals surface area contributed by atoms with Crippen molar-refractivity contribution < 1.29 is 9.53 Å². The molecule has 3 aromatic carbocycles. The Bertz CT molecular complexity index is 1510. The molecule has 0 atom stereocenters. The molecule has 0 radical (unpaired) electrons. The maximum Gasteiger partial charge on any atom is 0.338 e. The molecule has 1 N–H and O–H groups in total. The van der Waals surface area contributed by atoms with E-state index in [2.05, 4.69) is 29.2 Å². The minimum absolute atomic E-state index is 0.105. The van der Waals surface area contributed by atoms with Crippen LogP contribution in [0.15, 0.2) is 93.5 Å². The van der Waals surface area contributed by atoms with Gasteiger partial charge in [0.1, 0.15) is 5.60 Å². The van der Waals surface area contributed by atoms with Crippen molar-refractivity contribution >= 4 is 17.7 Å². The number of H-pyrrole nitrogens is 1. The number of carbonyl (C=O) groups excluding carboxylic acids is 1. The van der Waals surface area contributed by atoms with Crippen LogP contribution in [0.4, 0.5) is 0 Å². The highest BCUT2D eigenvalue weighted by Gasteiger charge is 2.18. The molecular formula is C30H30N2O4S. The van der Waals surface area contributed by atoms with E-state index in [1.165, 1.54) is 16.3 Å². The van der Waals surface area contributed by atoms with E-state index >= 15 is 0 Å². The number of aromatic amines is 1. The molecule has 0 aliphatic carbocycles. The van der Waals surface area contributed by atoms with Crippen molar-refractivity contribution in [2.75, 3.05) is 0 Å². The summed E-state index contributed by atoms with van der Waals surface area (Å²) in [6.45, 7) is 7.26. The highest BCUT2D eigenvalue weighted by atomic mass is 32.2. The Labute approximate surface area is 220 Å². The molecule has 0 fully saturated rings. The summed E-state index contributed by atoms with van der Waals surface area (Å²) < 4.78 is 6.56. The number of benzene rings is 3. The van der Waals surface area contributed by atoms with Crippen LogP contribution in [0.2, 0.25) is 0 Å². The van der Waals surface area contributed by atoms with Gasteiger partial charge in [-0.1, -0.05) is 66.7 Å². The van der Waals surface area contributed by atoms with Gasteiger partial charge in [0.15, 0.2) is 0 Å². The van der Waals surface area contributed by atoms with Crippen molar-refractivity contribution in [1.29, 1.82) is 0 Å². The maximum absolute atomic E-state index is 13.1. The average molecular weight is 515 g/mol. The summed E-state index contributed by atoms with van der Waals surface area (Å²) >= 11 is 1.44. The summed E-state index contributed by atoms with van der Waals surface area (Å²) in [6.07, 6.45) is 0. The number of aromatic nitrogens is 2. The molecule has 6 nitrogen and oxygen atoms in total. The first-order chi connectivity index (χ1) is 17.6. The van der Waals surface area contributed by atoms with Crippen molar-refractivity contribution in [3.05, 3.63) is 122 Å². The molecule has 0 aliphatic rings. The van der Waals surface area contributed by atoms with Crippen LogP contribution in [0.3, 0.4) is 0 Å². The zero-order valence-corrected chi connectivity index (χ0v) is 22.2. The van der Waals surface area contributed by atoms with Gasteiger partial charge < -0.3 is 9.72 Å². The second-order valence-corrected chi connectivity index (χ2v) is 10.8. The van der Waals surface area contributed by atoms with E-state index < -0.39 is 17.3 Å². The van der Waals surface area contributed by atoms with Gasteiger partial charge in [0.05, 0.1) is 17.1 Å². The van der Waals surface area contributed by atoms with Crippen LogP contribution in [0.1, 0.15) is 47.8 Å². The van der Waals surface area contributed by atoms with Gasteiger partial charge in [0, 0.05) is 11.3 Å². The number of ether oxygens (including phenoxy) is 1. The van der Waals surface area contributed by atoms with Crippen LogP contribution >= 0.6 is 11.8 Å². The van der Waals surface area contributed by atoms with E-state index in [4.69, 9.17) is 4.74 Å². The van der Waals surface area contributed by atoms with Gasteiger partial charge in [0.25, 0.3) is 5.56 Å². The third-order valence-corrected chi connectivity index (χ3v) is 6.89. The first kappa shape index (κ1) is 26.2. The molecule has 7 heteroatoms. The Kier molecular flexibility index (Phi) is 7.83. The fourth-order valence-corrected chi connectivity index (χ4v) is 4.78. The summed E-state index contributed by atoms with van der Waals surface area (Å²) in [4.78, 5) is 41.0. The molecule has 4 aromatic rings. The quantitative estimate of drug-likeness (QED) is 0.191. The highest BCUT2D eigenvalue weighted by Crippen LogP contribution is 2.25. The second kappa shape index (κ2) is 11.0. The third-order valence-electron chi connectivity index (χ3n) is 5.72. The molecule has 37 heavy (non-hydrogen) atoms. The summed E-state index contributed by atoms with van der Waals surface area (Å²) in [5.41, 5.74) is 3.62. The summed E-state index contributed by atoms with van der Waals surface area (Å²) in [7, 11) is 0. The molecule has 1 aromatic heterocycles. The highest BCUT2D eigenvalue weighted by molar-refractivity contribution is 7.98. The third kappa shape index (κ3) is 6.68. The van der Waals surface area contributed by atoms with Crippen molar-refractivity contribution in [3.63, 3.8) is 0 Å². The number of thioether (sulfide) groups is 1. The minimum Gasteiger partial charge on any atom is -0.456 e. The smallest absolute Gasteiger partial charge is 0.338 e. The molecule has 4 rings (SSSR count). The van der Waals surface area contributed by atoms with Gasteiger partial charge >= 0.3 is 11.7 Å². The number of rotatable bonds is 7. The van der Waals surface area contributed by atoms with Crippen molar-refractivity contribution in [2.24, 2.45) is 0 Å². The van der Waals surface area contributed by atoms with E-state index in [0.29, 0.717) is 21.9 Å². The van der Waals surface area contributed by atoms with Crippen LogP contribution in [0, 0.1) is 6.92 Å². The first-order valence-electron chi connectivity index (χ1n) is 12.0. The van der Waals surface area contributed by atoms with Crippen LogP contribution in [0.25, 0.3) is 11.1 Å². The Hall–Kier alpha value is -3.84. The molecule has 0 amide bonds. The lowest BCUT2D eigenvalue weighted by Crippen LogP contribution is -2.37. The fourth-order valence-electron chi connectivity index (χ4n) is 3.83. The van der Waals surface area contributed by atoms with Crippen LogP contribution < -0.4 is 11.2 Å². The monoisotopic (exact) mass is 514 g/mol. The minimum atomic E-state index is -0.585. The van der Waals surface area contributed by atoms with Crippen molar-refractivity contribution in [1.82, 2.24) is 9.55 Å². The number of hydrogen-bond donors (Lipinski definition) is 1. The number of nitrogens with one attached hydrogen (secondary N) is 1. The molecule has 0 spiro atoms. The topological polar surface area (TPSA) is 81.2 Å². The Balaban J connectivity index is 1.48. The predicted molar refractivity (Wildman–Crippen MR) is 148 cm³/mol. The maximum atomic E-state index is 13.1. The lowest BCUT2D eigenvalue weighted by molar-refractivity contribution is 0.00695. The van der Waals surface area contributed by atoms with Gasteiger partial charge in [-0.25, -0.2) is 9.59 Å². The molecule has 190 valence electrons. The summed E-state index contributed by atoms with van der Waals surface area (Å²) in [6, 6.07) is 25.1. The first-order valence-corrected chi connectivity index (χ1v) is 13.0. The normalized spacial score (nSPS) is 11.4. The lowest BCUT2D eigenvalue weighted by atomic mass is 10.0. The fraction of sp³-hybridized carbons (Fsp3) is 0.233. The molecule has 1 heterocycles. The molecule has 0 aliphatic heterocycles. The Morgan fingerprint density at radius 3 is 2.24 bits per heavy atom. The van der Waals surface area contributed by atoms with Crippen LogP contribution in [-0.4, -0.2) is 21.1 Å². The van der Waals surface area contributed by atoms with Gasteiger partial charge in [-0.15, -0.1) is 11.8 Å². The van der Waals surface area contributed by atoms with Crippen LogP contribution in [-0.2, 0) is 17.0 Å². The summed E-state index contributed by atoms with van der Waals surface area (Å²) in [5, 5.41) is 0.566. The number of hydrogen-bond acceptors (Lipinski definition) is 5. The van der Waals surface area contributed by atoms with E-state index in [1.807, 2.05) is 51.1 Å². The largest absolute Gasteiger partial charge is 0.456 e. The van der Waals surface area contributed by atoms with Gasteiger partial charge in [0.2, 0.25) is 0 Å². The van der Waals surface area contributed by atoms with E-state index in [0.717, 1.165) is 22.3 Å². The van der Waals surface area contributed by atoms with Crippen molar-refractivity contribution in [3.8, 4) is 11.1 Å². The van der Waals surface area contributed by atoms with Gasteiger partial charge in [-0.2, -0.15) is 0 Å². The van der Waals surface area contributed by atoms with Gasteiger partial charge in [-0.05, 0) is 62.1 Å². The number of nitrogens with zero attached hydrogens (tertiary/aromatic N) is 1. The molecule has 0 saturated carbocycles. The van der Waals surface area contributed by atoms with Crippen LogP contribution in [0.5, 0.6) is 0 Å². The Morgan fingerprint density at radius 1 is 0.892 bits per heavy atom. The predicted octanol–water partition coefficient (Wildman–Crippen LogP) is 5.81.